The average molecular weight is 314 g/mol. The van der Waals surface area contributed by atoms with Crippen molar-refractivity contribution in [1.82, 2.24) is 9.97 Å². The summed E-state index contributed by atoms with van der Waals surface area (Å²) in [5.41, 5.74) is 1.50. The lowest BCUT2D eigenvalue weighted by atomic mass is 10.1. The van der Waals surface area contributed by atoms with E-state index >= 15 is 0 Å². The van der Waals surface area contributed by atoms with Crippen LogP contribution in [0.3, 0.4) is 0 Å². The summed E-state index contributed by atoms with van der Waals surface area (Å²) in [6.07, 6.45) is 3.18. The van der Waals surface area contributed by atoms with Gasteiger partial charge in [0.2, 0.25) is 0 Å². The van der Waals surface area contributed by atoms with E-state index in [4.69, 9.17) is 11.6 Å². The van der Waals surface area contributed by atoms with Crippen LogP contribution < -0.4 is 9.80 Å². The minimum atomic E-state index is 0.233. The van der Waals surface area contributed by atoms with Crippen LogP contribution >= 0.6 is 11.6 Å². The predicted octanol–water partition coefficient (Wildman–Crippen LogP) is 2.72. The third-order valence-electron chi connectivity index (χ3n) is 3.86. The van der Waals surface area contributed by atoms with Crippen LogP contribution in [0.2, 0.25) is 5.02 Å². The maximum Gasteiger partial charge on any atom is 0.183 e. The van der Waals surface area contributed by atoms with Crippen LogP contribution in [0.4, 0.5) is 11.5 Å². The summed E-state index contributed by atoms with van der Waals surface area (Å²) in [5.74, 6) is 0.670. The van der Waals surface area contributed by atoms with Gasteiger partial charge in [0, 0.05) is 48.8 Å². The molecule has 0 N–H and O–H groups in total. The van der Waals surface area contributed by atoms with Crippen molar-refractivity contribution in [3.63, 3.8) is 0 Å². The number of piperazine rings is 1. The molecular formula is C16H16ClN5. The van der Waals surface area contributed by atoms with Crippen molar-refractivity contribution in [2.75, 3.05) is 29.4 Å². The molecule has 1 aliphatic heterocycles. The second-order valence-electron chi connectivity index (χ2n) is 5.31. The third-order valence-corrected chi connectivity index (χ3v) is 4.09. The second kappa shape index (κ2) is 6.20. The molecule has 0 bridgehead atoms. The molecule has 6 heteroatoms. The van der Waals surface area contributed by atoms with E-state index in [1.54, 1.807) is 12.4 Å². The van der Waals surface area contributed by atoms with Crippen LogP contribution in [0.15, 0.2) is 36.7 Å². The molecule has 0 radical (unpaired) electrons. The zero-order chi connectivity index (χ0) is 15.5. The molecule has 112 valence electrons. The molecule has 2 aromatic rings. The van der Waals surface area contributed by atoms with Crippen molar-refractivity contribution in [1.29, 1.82) is 5.26 Å². The van der Waals surface area contributed by atoms with Gasteiger partial charge >= 0.3 is 0 Å². The minimum absolute atomic E-state index is 0.233. The summed E-state index contributed by atoms with van der Waals surface area (Å²) < 4.78 is 0. The summed E-state index contributed by atoms with van der Waals surface area (Å²) in [4.78, 5) is 12.9. The van der Waals surface area contributed by atoms with Crippen LogP contribution in [0, 0.1) is 11.3 Å². The Morgan fingerprint density at radius 2 is 2.09 bits per heavy atom. The molecule has 2 heterocycles. The summed E-state index contributed by atoms with van der Waals surface area (Å²) in [7, 11) is 0. The molecule has 1 aromatic carbocycles. The highest BCUT2D eigenvalue weighted by molar-refractivity contribution is 6.30. The molecule has 0 unspecified atom stereocenters. The van der Waals surface area contributed by atoms with Gasteiger partial charge in [-0.05, 0) is 25.1 Å². The first kappa shape index (κ1) is 14.6. The van der Waals surface area contributed by atoms with Crippen LogP contribution in [-0.4, -0.2) is 35.6 Å². The predicted molar refractivity (Wildman–Crippen MR) is 87.2 cm³/mol. The Labute approximate surface area is 134 Å². The number of aromatic nitrogens is 2. The van der Waals surface area contributed by atoms with E-state index < -0.39 is 0 Å². The van der Waals surface area contributed by atoms with Crippen molar-refractivity contribution >= 4 is 23.1 Å². The van der Waals surface area contributed by atoms with E-state index in [1.807, 2.05) is 18.2 Å². The molecule has 0 saturated carbocycles. The van der Waals surface area contributed by atoms with Gasteiger partial charge in [-0.3, -0.25) is 0 Å². The van der Waals surface area contributed by atoms with Gasteiger partial charge in [-0.25, -0.2) is 9.97 Å². The maximum atomic E-state index is 9.19. The number of nitrogens with zero attached hydrogens (tertiary/aromatic N) is 5. The van der Waals surface area contributed by atoms with E-state index in [1.165, 1.54) is 0 Å². The van der Waals surface area contributed by atoms with E-state index in [2.05, 4.69) is 38.8 Å². The van der Waals surface area contributed by atoms with Crippen molar-refractivity contribution < 1.29 is 0 Å². The Morgan fingerprint density at radius 1 is 1.27 bits per heavy atom. The lowest BCUT2D eigenvalue weighted by Crippen LogP contribution is -2.52. The Hall–Kier alpha value is -2.32. The molecule has 1 saturated heterocycles. The highest BCUT2D eigenvalue weighted by atomic mass is 35.5. The fraction of sp³-hybridized carbons (Fsp3) is 0.312. The van der Waals surface area contributed by atoms with E-state index in [0.717, 1.165) is 30.3 Å². The number of hydrogen-bond acceptors (Lipinski definition) is 5. The fourth-order valence-electron chi connectivity index (χ4n) is 2.80. The summed E-state index contributed by atoms with van der Waals surface area (Å²) in [6, 6.07) is 10.2. The summed E-state index contributed by atoms with van der Waals surface area (Å²) in [6.45, 7) is 4.63. The maximum absolute atomic E-state index is 9.19. The average Bonchev–Trinajstić information content (AvgIpc) is 2.55. The van der Waals surface area contributed by atoms with E-state index in [0.29, 0.717) is 11.5 Å². The SMILES string of the molecule is C[C@@H]1CN(c2cccc(Cl)c2)CCN1c1nccnc1C#N. The fourth-order valence-corrected chi connectivity index (χ4v) is 2.98. The number of rotatable bonds is 2. The monoisotopic (exact) mass is 313 g/mol. The van der Waals surface area contributed by atoms with Crippen molar-refractivity contribution in [2.24, 2.45) is 0 Å². The lowest BCUT2D eigenvalue weighted by molar-refractivity contribution is 0.545. The molecule has 0 spiro atoms. The van der Waals surface area contributed by atoms with Gasteiger partial charge in [-0.15, -0.1) is 0 Å². The molecule has 3 rings (SSSR count). The smallest absolute Gasteiger partial charge is 0.183 e. The number of halogens is 1. The zero-order valence-corrected chi connectivity index (χ0v) is 13.0. The Bertz CT molecular complexity index is 712. The molecule has 1 atom stereocenters. The number of anilines is 2. The van der Waals surface area contributed by atoms with Crippen LogP contribution in [0.25, 0.3) is 0 Å². The quantitative estimate of drug-likeness (QED) is 0.853. The molecule has 0 amide bonds. The first-order valence-corrected chi connectivity index (χ1v) is 7.55. The first-order chi connectivity index (χ1) is 10.7. The molecule has 1 aromatic heterocycles. The Kier molecular flexibility index (Phi) is 4.12. The number of hydrogen-bond donors (Lipinski definition) is 0. The molecule has 5 nitrogen and oxygen atoms in total. The molecular weight excluding hydrogens is 298 g/mol. The second-order valence-corrected chi connectivity index (χ2v) is 5.75. The number of benzene rings is 1. The molecule has 1 fully saturated rings. The van der Waals surface area contributed by atoms with E-state index in [-0.39, 0.29) is 6.04 Å². The van der Waals surface area contributed by atoms with Crippen molar-refractivity contribution in [3.05, 3.63) is 47.4 Å². The van der Waals surface area contributed by atoms with Gasteiger partial charge in [0.15, 0.2) is 11.5 Å². The summed E-state index contributed by atoms with van der Waals surface area (Å²) >= 11 is 6.07. The van der Waals surface area contributed by atoms with Gasteiger partial charge < -0.3 is 9.80 Å². The van der Waals surface area contributed by atoms with Crippen LogP contribution in [0.5, 0.6) is 0 Å². The molecule has 1 aliphatic rings. The molecule has 22 heavy (non-hydrogen) atoms. The third kappa shape index (κ3) is 2.83. The minimum Gasteiger partial charge on any atom is -0.368 e. The highest BCUT2D eigenvalue weighted by Crippen LogP contribution is 2.25. The van der Waals surface area contributed by atoms with Gasteiger partial charge in [0.25, 0.3) is 0 Å². The van der Waals surface area contributed by atoms with Gasteiger partial charge in [-0.1, -0.05) is 17.7 Å². The lowest BCUT2D eigenvalue weighted by Gasteiger charge is -2.41. The van der Waals surface area contributed by atoms with Crippen LogP contribution in [-0.2, 0) is 0 Å². The Balaban J connectivity index is 1.80. The van der Waals surface area contributed by atoms with Gasteiger partial charge in [0.1, 0.15) is 6.07 Å². The number of nitriles is 1. The standard InChI is InChI=1S/C16H16ClN5/c1-12-11-21(14-4-2-3-13(17)9-14)7-8-22(12)16-15(10-18)19-5-6-20-16/h2-6,9,12H,7-8,11H2,1H3/t12-/m1/s1. The highest BCUT2D eigenvalue weighted by Gasteiger charge is 2.27. The Morgan fingerprint density at radius 3 is 2.82 bits per heavy atom. The van der Waals surface area contributed by atoms with Gasteiger partial charge in [-0.2, -0.15) is 5.26 Å². The normalized spacial score (nSPS) is 18.1. The van der Waals surface area contributed by atoms with Gasteiger partial charge in [0.05, 0.1) is 0 Å². The molecule has 0 aliphatic carbocycles. The largest absolute Gasteiger partial charge is 0.368 e. The first-order valence-electron chi connectivity index (χ1n) is 7.17. The zero-order valence-electron chi connectivity index (χ0n) is 12.3. The summed E-state index contributed by atoms with van der Waals surface area (Å²) in [5, 5.41) is 9.94. The van der Waals surface area contributed by atoms with E-state index in [9.17, 15) is 5.26 Å². The van der Waals surface area contributed by atoms with Crippen molar-refractivity contribution in [2.45, 2.75) is 13.0 Å². The van der Waals surface area contributed by atoms with Crippen molar-refractivity contribution in [3.8, 4) is 6.07 Å². The van der Waals surface area contributed by atoms with Crippen LogP contribution in [0.1, 0.15) is 12.6 Å². The topological polar surface area (TPSA) is 56.1 Å².